The summed E-state index contributed by atoms with van der Waals surface area (Å²) in [5.41, 5.74) is 0.987. The largest absolute Gasteiger partial charge is 0.468 e. The van der Waals surface area contributed by atoms with Crippen LogP contribution in [0.3, 0.4) is 0 Å². The minimum atomic E-state index is -3.02. The van der Waals surface area contributed by atoms with Crippen molar-refractivity contribution in [3.63, 3.8) is 0 Å². The number of allylic oxidation sites excluding steroid dienone is 1. The number of para-hydroxylation sites is 1. The van der Waals surface area contributed by atoms with E-state index in [-0.39, 0.29) is 11.3 Å². The number of nitriles is 1. The van der Waals surface area contributed by atoms with Crippen LogP contribution in [0.2, 0.25) is 0 Å². The highest BCUT2D eigenvalue weighted by Gasteiger charge is 2.41. The van der Waals surface area contributed by atoms with Crippen LogP contribution in [0.4, 0.5) is 8.78 Å². The molecule has 2 atom stereocenters. The van der Waals surface area contributed by atoms with E-state index in [1.807, 2.05) is 0 Å². The molecule has 0 spiro atoms. The predicted octanol–water partition coefficient (Wildman–Crippen LogP) is 3.73. The molecule has 0 aliphatic carbocycles. The normalized spacial score (nSPS) is 20.1. The Hall–Kier alpha value is -2.40. The Balaban J connectivity index is 2.69. The molecule has 8 heteroatoms. The first-order valence-electron chi connectivity index (χ1n) is 7.29. The summed E-state index contributed by atoms with van der Waals surface area (Å²) in [7, 11) is 1.23. The number of alkyl halides is 2. The Morgan fingerprint density at radius 2 is 2.08 bits per heavy atom. The molecule has 1 aromatic carbocycles. The van der Waals surface area contributed by atoms with E-state index in [0.717, 1.165) is 0 Å². The number of nitrogens with zero attached hydrogens (tertiary/aromatic N) is 2. The number of methoxy groups -OCH3 is 1. The van der Waals surface area contributed by atoms with Crippen molar-refractivity contribution in [1.82, 2.24) is 0 Å². The molecule has 0 aromatic heterocycles. The molecule has 1 aliphatic heterocycles. The number of halogens is 2. The van der Waals surface area contributed by atoms with Crippen molar-refractivity contribution in [2.45, 2.75) is 19.5 Å². The first-order chi connectivity index (χ1) is 11.9. The smallest absolute Gasteiger partial charge is 0.387 e. The molecule has 1 aliphatic rings. The second kappa shape index (κ2) is 8.12. The third-order valence-electron chi connectivity index (χ3n) is 3.84. The van der Waals surface area contributed by atoms with Gasteiger partial charge in [0.25, 0.3) is 0 Å². The summed E-state index contributed by atoms with van der Waals surface area (Å²) in [6.45, 7) is -1.37. The summed E-state index contributed by atoms with van der Waals surface area (Å²) < 4.78 is 35.0. The van der Waals surface area contributed by atoms with Crippen LogP contribution < -0.4 is 4.74 Å². The lowest BCUT2D eigenvalue weighted by Crippen LogP contribution is -2.33. The summed E-state index contributed by atoms with van der Waals surface area (Å²) in [4.78, 5) is 16.6. The van der Waals surface area contributed by atoms with Crippen LogP contribution in [0.15, 0.2) is 39.9 Å². The van der Waals surface area contributed by atoms with Gasteiger partial charge in [-0.25, -0.2) is 4.99 Å². The molecule has 25 heavy (non-hydrogen) atoms. The zero-order valence-electron chi connectivity index (χ0n) is 13.8. The van der Waals surface area contributed by atoms with Crippen molar-refractivity contribution in [2.75, 3.05) is 13.4 Å². The highest BCUT2D eigenvalue weighted by atomic mass is 32.2. The molecule has 0 saturated carbocycles. The average Bonchev–Trinajstić information content (AvgIpc) is 2.60. The fourth-order valence-corrected chi connectivity index (χ4v) is 3.44. The average molecular weight is 366 g/mol. The fraction of sp³-hybridized carbons (Fsp3) is 0.353. The van der Waals surface area contributed by atoms with E-state index in [1.54, 1.807) is 31.4 Å². The summed E-state index contributed by atoms with van der Waals surface area (Å²) in [6, 6.07) is 8.19. The molecule has 1 aromatic rings. The van der Waals surface area contributed by atoms with Crippen LogP contribution in [-0.4, -0.2) is 31.7 Å². The molecule has 2 rings (SSSR count). The summed E-state index contributed by atoms with van der Waals surface area (Å²) >= 11 is 1.25. The van der Waals surface area contributed by atoms with Gasteiger partial charge >= 0.3 is 12.6 Å². The second-order valence-electron chi connectivity index (χ2n) is 5.18. The number of ether oxygens (including phenoxy) is 2. The van der Waals surface area contributed by atoms with Crippen LogP contribution >= 0.6 is 11.8 Å². The molecule has 132 valence electrons. The minimum Gasteiger partial charge on any atom is -0.468 e. The molecule has 0 saturated heterocycles. The number of aliphatic imine (C=N–C) groups is 1. The van der Waals surface area contributed by atoms with Gasteiger partial charge in [-0.3, -0.25) is 4.79 Å². The Labute approximate surface area is 148 Å². The number of benzene rings is 1. The second-order valence-corrected chi connectivity index (χ2v) is 5.98. The molecule has 0 radical (unpaired) electrons. The molecule has 0 fully saturated rings. The highest BCUT2D eigenvalue weighted by molar-refractivity contribution is 8.02. The molecular weight excluding hydrogens is 350 g/mol. The van der Waals surface area contributed by atoms with Gasteiger partial charge in [-0.15, -0.1) is 11.8 Å². The third kappa shape index (κ3) is 3.82. The zero-order chi connectivity index (χ0) is 18.6. The van der Waals surface area contributed by atoms with Crippen molar-refractivity contribution in [1.29, 1.82) is 5.26 Å². The lowest BCUT2D eigenvalue weighted by Gasteiger charge is -2.30. The van der Waals surface area contributed by atoms with E-state index in [4.69, 9.17) is 4.74 Å². The summed E-state index contributed by atoms with van der Waals surface area (Å²) in [5.74, 6) is -2.38. The van der Waals surface area contributed by atoms with Crippen LogP contribution in [0.25, 0.3) is 0 Å². The van der Waals surface area contributed by atoms with Gasteiger partial charge in [0.1, 0.15) is 16.7 Å². The zero-order valence-corrected chi connectivity index (χ0v) is 14.6. The molecular formula is C17H16F2N2O3S. The molecule has 0 N–H and O–H groups in total. The molecule has 5 nitrogen and oxygen atoms in total. The molecule has 1 heterocycles. The van der Waals surface area contributed by atoms with E-state index >= 15 is 0 Å². The van der Waals surface area contributed by atoms with Gasteiger partial charge in [0, 0.05) is 17.2 Å². The number of hydrogen-bond acceptors (Lipinski definition) is 6. The topological polar surface area (TPSA) is 71.7 Å². The number of carbonyl (C=O) groups excluding carboxylic acids is 1. The predicted molar refractivity (Wildman–Crippen MR) is 90.6 cm³/mol. The maximum absolute atomic E-state index is 12.8. The Bertz CT molecular complexity index is 771. The van der Waals surface area contributed by atoms with Gasteiger partial charge in [-0.1, -0.05) is 18.2 Å². The SMILES string of the molecule is COC(=O)C1C(C)=NC(SC)=C(C#N)[C@H]1c1ccccc1OC(F)F. The number of hydrogen-bond donors (Lipinski definition) is 0. The van der Waals surface area contributed by atoms with Crippen LogP contribution in [0.5, 0.6) is 5.75 Å². The van der Waals surface area contributed by atoms with Crippen LogP contribution in [0.1, 0.15) is 18.4 Å². The summed E-state index contributed by atoms with van der Waals surface area (Å²) in [5, 5.41) is 10.1. The van der Waals surface area contributed by atoms with Gasteiger partial charge in [0.2, 0.25) is 0 Å². The van der Waals surface area contributed by atoms with Gasteiger partial charge in [0.15, 0.2) is 0 Å². The van der Waals surface area contributed by atoms with Gasteiger partial charge in [0.05, 0.1) is 18.8 Å². The van der Waals surface area contributed by atoms with E-state index in [0.29, 0.717) is 16.3 Å². The van der Waals surface area contributed by atoms with Crippen molar-refractivity contribution in [2.24, 2.45) is 10.9 Å². The Morgan fingerprint density at radius 1 is 1.40 bits per heavy atom. The molecule has 0 bridgehead atoms. The summed E-state index contributed by atoms with van der Waals surface area (Å²) in [6.07, 6.45) is 1.75. The maximum atomic E-state index is 12.8. The standard InChI is InChI=1S/C17H16F2N2O3S/c1-9-13(16(22)23-2)14(11(8-20)15(21-9)25-3)10-6-4-5-7-12(10)24-17(18)19/h4-7,13-14,17H,1-3H3/t13?,14-/m1/s1. The van der Waals surface area contributed by atoms with E-state index in [2.05, 4.69) is 15.8 Å². The van der Waals surface area contributed by atoms with Crippen LogP contribution in [-0.2, 0) is 9.53 Å². The highest BCUT2D eigenvalue weighted by Crippen LogP contribution is 2.44. The van der Waals surface area contributed by atoms with Crippen molar-refractivity contribution in [3.8, 4) is 11.8 Å². The minimum absolute atomic E-state index is 0.0840. The first-order valence-corrected chi connectivity index (χ1v) is 8.52. The lowest BCUT2D eigenvalue weighted by atomic mass is 9.77. The molecule has 0 amide bonds. The monoisotopic (exact) mass is 366 g/mol. The lowest BCUT2D eigenvalue weighted by molar-refractivity contribution is -0.143. The van der Waals surface area contributed by atoms with Gasteiger partial charge in [-0.05, 0) is 19.2 Å². The van der Waals surface area contributed by atoms with Crippen molar-refractivity contribution >= 4 is 23.4 Å². The Kier molecular flexibility index (Phi) is 6.15. The van der Waals surface area contributed by atoms with E-state index in [9.17, 15) is 18.8 Å². The Morgan fingerprint density at radius 3 is 2.64 bits per heavy atom. The number of esters is 1. The quantitative estimate of drug-likeness (QED) is 0.743. The first kappa shape index (κ1) is 18.9. The van der Waals surface area contributed by atoms with Crippen LogP contribution in [0, 0.1) is 17.2 Å². The van der Waals surface area contributed by atoms with Crippen molar-refractivity contribution in [3.05, 3.63) is 40.4 Å². The van der Waals surface area contributed by atoms with Gasteiger partial charge < -0.3 is 9.47 Å². The molecule has 1 unspecified atom stereocenters. The fourth-order valence-electron chi connectivity index (χ4n) is 2.81. The van der Waals surface area contributed by atoms with E-state index in [1.165, 1.54) is 24.9 Å². The third-order valence-corrected chi connectivity index (χ3v) is 4.54. The van der Waals surface area contributed by atoms with E-state index < -0.39 is 24.4 Å². The maximum Gasteiger partial charge on any atom is 0.387 e. The number of carbonyl (C=O) groups is 1. The van der Waals surface area contributed by atoms with Gasteiger partial charge in [-0.2, -0.15) is 14.0 Å². The van der Waals surface area contributed by atoms with Crippen molar-refractivity contribution < 1.29 is 23.0 Å². The number of thioether (sulfide) groups is 1. The number of rotatable bonds is 5.